The molecule has 2 aromatic rings. The van der Waals surface area contributed by atoms with Crippen molar-refractivity contribution in [3.05, 3.63) is 65.0 Å². The van der Waals surface area contributed by atoms with Crippen LogP contribution in [0.5, 0.6) is 5.75 Å². The minimum atomic E-state index is -0.349. The Morgan fingerprint density at radius 1 is 1.14 bits per heavy atom. The maximum Gasteiger partial charge on any atom is 0.338 e. The molecule has 2 rings (SSSR count). The summed E-state index contributed by atoms with van der Waals surface area (Å²) in [6.07, 6.45) is 0. The Morgan fingerprint density at radius 3 is 2.48 bits per heavy atom. The van der Waals surface area contributed by atoms with Gasteiger partial charge >= 0.3 is 5.97 Å². The maximum atomic E-state index is 13.0. The lowest BCUT2D eigenvalue weighted by Gasteiger charge is -2.09. The molecule has 3 nitrogen and oxygen atoms in total. The van der Waals surface area contributed by atoms with Gasteiger partial charge in [-0.3, -0.25) is 0 Å². The summed E-state index contributed by atoms with van der Waals surface area (Å²) in [6.45, 7) is 4.30. The molecule has 0 saturated heterocycles. The summed E-state index contributed by atoms with van der Waals surface area (Å²) < 4.78 is 23.6. The predicted molar refractivity (Wildman–Crippen MR) is 77.9 cm³/mol. The molecule has 0 aromatic heterocycles. The molecule has 2 aromatic carbocycles. The molecule has 0 aliphatic carbocycles. The van der Waals surface area contributed by atoms with E-state index in [1.807, 2.05) is 6.92 Å². The lowest BCUT2D eigenvalue weighted by atomic mass is 10.1. The fourth-order valence-corrected chi connectivity index (χ4v) is 1.88. The molecule has 0 bridgehead atoms. The normalized spacial score (nSPS) is 10.2. The quantitative estimate of drug-likeness (QED) is 0.783. The van der Waals surface area contributed by atoms with Crippen molar-refractivity contribution >= 4 is 5.97 Å². The van der Waals surface area contributed by atoms with Gasteiger partial charge in [0.25, 0.3) is 0 Å². The first-order valence-corrected chi connectivity index (χ1v) is 6.75. The van der Waals surface area contributed by atoms with Crippen molar-refractivity contribution in [2.45, 2.75) is 20.5 Å². The highest BCUT2D eigenvalue weighted by molar-refractivity contribution is 5.89. The number of rotatable bonds is 5. The summed E-state index contributed by atoms with van der Waals surface area (Å²) in [5.74, 6) is 0.0419. The Hall–Kier alpha value is -2.36. The van der Waals surface area contributed by atoms with Crippen LogP contribution in [0, 0.1) is 12.7 Å². The van der Waals surface area contributed by atoms with Crippen molar-refractivity contribution in [2.75, 3.05) is 6.61 Å². The third-order valence-corrected chi connectivity index (χ3v) is 3.06. The van der Waals surface area contributed by atoms with E-state index in [1.54, 1.807) is 37.3 Å². The van der Waals surface area contributed by atoms with Crippen LogP contribution in [0.2, 0.25) is 0 Å². The van der Waals surface area contributed by atoms with Gasteiger partial charge in [-0.1, -0.05) is 6.07 Å². The van der Waals surface area contributed by atoms with Crippen LogP contribution in [0.4, 0.5) is 4.39 Å². The molecule has 0 fully saturated rings. The molecule has 0 aliphatic rings. The molecular weight excluding hydrogens is 271 g/mol. The summed E-state index contributed by atoms with van der Waals surface area (Å²) in [6, 6.07) is 11.3. The summed E-state index contributed by atoms with van der Waals surface area (Å²) in [5, 5.41) is 0. The van der Waals surface area contributed by atoms with E-state index in [0.717, 1.165) is 11.1 Å². The Labute approximate surface area is 123 Å². The number of benzene rings is 2. The van der Waals surface area contributed by atoms with Gasteiger partial charge < -0.3 is 9.47 Å². The van der Waals surface area contributed by atoms with Crippen LogP contribution in [0.25, 0.3) is 0 Å². The maximum absolute atomic E-state index is 13.0. The summed E-state index contributed by atoms with van der Waals surface area (Å²) in [5.41, 5.74) is 2.26. The third-order valence-electron chi connectivity index (χ3n) is 3.06. The van der Waals surface area contributed by atoms with Gasteiger partial charge in [0, 0.05) is 0 Å². The molecule has 21 heavy (non-hydrogen) atoms. The first-order chi connectivity index (χ1) is 10.1. The number of esters is 1. The topological polar surface area (TPSA) is 35.5 Å². The van der Waals surface area contributed by atoms with E-state index in [4.69, 9.17) is 9.47 Å². The molecule has 0 amide bonds. The minimum absolute atomic E-state index is 0.255. The fraction of sp³-hybridized carbons (Fsp3) is 0.235. The highest BCUT2D eigenvalue weighted by atomic mass is 19.1. The lowest BCUT2D eigenvalue weighted by molar-refractivity contribution is 0.0526. The zero-order chi connectivity index (χ0) is 15.2. The van der Waals surface area contributed by atoms with Crippen LogP contribution in [-0.2, 0) is 11.3 Å². The van der Waals surface area contributed by atoms with Crippen LogP contribution >= 0.6 is 0 Å². The van der Waals surface area contributed by atoms with Gasteiger partial charge in [0.1, 0.15) is 18.2 Å². The molecule has 4 heteroatoms. The number of hydrogen-bond acceptors (Lipinski definition) is 3. The van der Waals surface area contributed by atoms with Gasteiger partial charge in [-0.2, -0.15) is 0 Å². The van der Waals surface area contributed by atoms with E-state index >= 15 is 0 Å². The first-order valence-electron chi connectivity index (χ1n) is 6.75. The lowest BCUT2D eigenvalue weighted by Crippen LogP contribution is -2.04. The molecule has 0 atom stereocenters. The SMILES string of the molecule is CCOC(=O)c1ccc(OCc2ccc(F)cc2C)cc1. The van der Waals surface area contributed by atoms with E-state index in [2.05, 4.69) is 0 Å². The van der Waals surface area contributed by atoms with Crippen LogP contribution in [0.3, 0.4) is 0 Å². The molecule has 0 aliphatic heterocycles. The second-order valence-corrected chi connectivity index (χ2v) is 4.60. The van der Waals surface area contributed by atoms with Gasteiger partial charge in [0.05, 0.1) is 12.2 Å². The van der Waals surface area contributed by atoms with Crippen molar-refractivity contribution in [2.24, 2.45) is 0 Å². The monoisotopic (exact) mass is 288 g/mol. The second kappa shape index (κ2) is 6.88. The number of carbonyl (C=O) groups excluding carboxylic acids is 1. The molecule has 0 radical (unpaired) electrons. The Bertz CT molecular complexity index is 620. The van der Waals surface area contributed by atoms with Crippen LogP contribution in [0.1, 0.15) is 28.4 Å². The first kappa shape index (κ1) is 15.0. The zero-order valence-electron chi connectivity index (χ0n) is 12.1. The highest BCUT2D eigenvalue weighted by Crippen LogP contribution is 2.17. The van der Waals surface area contributed by atoms with Crippen molar-refractivity contribution in [3.63, 3.8) is 0 Å². The average Bonchev–Trinajstić information content (AvgIpc) is 2.47. The number of carbonyl (C=O) groups is 1. The minimum Gasteiger partial charge on any atom is -0.489 e. The molecule has 0 N–H and O–H groups in total. The Morgan fingerprint density at radius 2 is 1.86 bits per heavy atom. The van der Waals surface area contributed by atoms with E-state index in [9.17, 15) is 9.18 Å². The number of halogens is 1. The van der Waals surface area contributed by atoms with Crippen LogP contribution in [-0.4, -0.2) is 12.6 Å². The highest BCUT2D eigenvalue weighted by Gasteiger charge is 2.06. The largest absolute Gasteiger partial charge is 0.489 e. The summed E-state index contributed by atoms with van der Waals surface area (Å²) >= 11 is 0. The molecule has 0 unspecified atom stereocenters. The molecule has 0 spiro atoms. The fourth-order valence-electron chi connectivity index (χ4n) is 1.88. The van der Waals surface area contributed by atoms with Crippen molar-refractivity contribution in [3.8, 4) is 5.75 Å². The zero-order valence-corrected chi connectivity index (χ0v) is 12.1. The predicted octanol–water partition coefficient (Wildman–Crippen LogP) is 3.89. The third kappa shape index (κ3) is 4.05. The number of aryl methyl sites for hydroxylation is 1. The molecule has 0 saturated carbocycles. The number of ether oxygens (including phenoxy) is 2. The van der Waals surface area contributed by atoms with Gasteiger partial charge in [-0.05, 0) is 61.4 Å². The average molecular weight is 288 g/mol. The Balaban J connectivity index is 1.99. The van der Waals surface area contributed by atoms with Gasteiger partial charge in [-0.15, -0.1) is 0 Å². The summed E-state index contributed by atoms with van der Waals surface area (Å²) in [7, 11) is 0. The van der Waals surface area contributed by atoms with E-state index in [0.29, 0.717) is 24.5 Å². The summed E-state index contributed by atoms with van der Waals surface area (Å²) in [4.78, 5) is 11.5. The molecule has 110 valence electrons. The van der Waals surface area contributed by atoms with Crippen molar-refractivity contribution < 1.29 is 18.7 Å². The Kier molecular flexibility index (Phi) is 4.93. The van der Waals surface area contributed by atoms with Gasteiger partial charge in [0.15, 0.2) is 0 Å². The van der Waals surface area contributed by atoms with Crippen molar-refractivity contribution in [1.82, 2.24) is 0 Å². The van der Waals surface area contributed by atoms with Crippen molar-refractivity contribution in [1.29, 1.82) is 0 Å². The molecular formula is C17H17FO3. The van der Waals surface area contributed by atoms with E-state index in [-0.39, 0.29) is 11.8 Å². The van der Waals surface area contributed by atoms with E-state index in [1.165, 1.54) is 12.1 Å². The molecule has 0 heterocycles. The number of hydrogen-bond donors (Lipinski definition) is 0. The van der Waals surface area contributed by atoms with Gasteiger partial charge in [0.2, 0.25) is 0 Å². The van der Waals surface area contributed by atoms with Crippen LogP contribution < -0.4 is 4.74 Å². The smallest absolute Gasteiger partial charge is 0.338 e. The van der Waals surface area contributed by atoms with Crippen LogP contribution in [0.15, 0.2) is 42.5 Å². The second-order valence-electron chi connectivity index (χ2n) is 4.60. The van der Waals surface area contributed by atoms with E-state index < -0.39 is 0 Å². The standard InChI is InChI=1S/C17H17FO3/c1-3-20-17(19)13-5-8-16(9-6-13)21-11-14-4-7-15(18)10-12(14)2/h4-10H,3,11H2,1-2H3. The van der Waals surface area contributed by atoms with Gasteiger partial charge in [-0.25, -0.2) is 9.18 Å².